The first kappa shape index (κ1) is 23.8. The minimum absolute atomic E-state index is 0. The van der Waals surface area contributed by atoms with Gasteiger partial charge in [0.05, 0.1) is 21.8 Å². The van der Waals surface area contributed by atoms with Crippen molar-refractivity contribution in [3.8, 4) is 5.75 Å². The highest BCUT2D eigenvalue weighted by molar-refractivity contribution is 7.23. The third-order valence-electron chi connectivity index (χ3n) is 4.24. The van der Waals surface area contributed by atoms with Crippen LogP contribution in [0.25, 0.3) is 10.2 Å². The highest BCUT2D eigenvalue weighted by atomic mass is 35.5. The summed E-state index contributed by atoms with van der Waals surface area (Å²) in [4.78, 5) is 31.7. The summed E-state index contributed by atoms with van der Waals surface area (Å²) >= 11 is 7.61. The average Bonchev–Trinajstić information content (AvgIpc) is 3.14. The van der Waals surface area contributed by atoms with E-state index in [4.69, 9.17) is 16.3 Å². The molecule has 0 fully saturated rings. The molecule has 0 aliphatic heterocycles. The van der Waals surface area contributed by atoms with Crippen LogP contribution < -0.4 is 9.64 Å². The van der Waals surface area contributed by atoms with Crippen LogP contribution in [0.4, 0.5) is 10.8 Å². The summed E-state index contributed by atoms with van der Waals surface area (Å²) < 4.78 is 6.09. The number of anilines is 1. The maximum Gasteiger partial charge on any atom is 0.269 e. The quantitative estimate of drug-likeness (QED) is 0.373. The molecule has 0 aliphatic rings. The molecule has 0 radical (unpaired) electrons. The van der Waals surface area contributed by atoms with Crippen LogP contribution in [0, 0.1) is 10.1 Å². The van der Waals surface area contributed by atoms with Gasteiger partial charge in [0, 0.05) is 30.8 Å². The van der Waals surface area contributed by atoms with E-state index in [-0.39, 0.29) is 24.0 Å². The van der Waals surface area contributed by atoms with Crippen molar-refractivity contribution in [1.82, 2.24) is 9.88 Å². The van der Waals surface area contributed by atoms with Crippen molar-refractivity contribution in [1.29, 1.82) is 0 Å². The van der Waals surface area contributed by atoms with E-state index in [1.54, 1.807) is 24.1 Å². The number of ether oxygens (including phenoxy) is 1. The Morgan fingerprint density at radius 3 is 2.43 bits per heavy atom. The van der Waals surface area contributed by atoms with E-state index >= 15 is 0 Å². The predicted molar refractivity (Wildman–Crippen MR) is 122 cm³/mol. The molecule has 1 aromatic heterocycles. The number of benzene rings is 2. The SMILES string of the molecule is COc1ccc(Cl)c2sc(N(CCN(C)C)C(=O)c3ccc([N+](=O)[O-])cc3)nc12.Cl. The van der Waals surface area contributed by atoms with E-state index in [0.717, 1.165) is 4.70 Å². The third kappa shape index (κ3) is 4.99. The molecule has 2 aromatic carbocycles. The summed E-state index contributed by atoms with van der Waals surface area (Å²) in [6.07, 6.45) is 0. The Morgan fingerprint density at radius 1 is 1.20 bits per heavy atom. The molecule has 0 spiro atoms. The standard InChI is InChI=1S/C19H19ClN4O4S.ClH/c1-22(2)10-11-23(18(25)12-4-6-13(7-5-12)24(26)27)19-21-16-15(28-3)9-8-14(20)17(16)29-19;/h4-9H,10-11H2,1-3H3;1H. The number of aromatic nitrogens is 1. The highest BCUT2D eigenvalue weighted by Crippen LogP contribution is 2.39. The molecule has 0 saturated carbocycles. The number of likely N-dealkylation sites (N-methyl/N-ethyl adjacent to an activating group) is 1. The maximum absolute atomic E-state index is 13.2. The van der Waals surface area contributed by atoms with Crippen LogP contribution in [0.1, 0.15) is 10.4 Å². The number of rotatable bonds is 7. The molecule has 30 heavy (non-hydrogen) atoms. The lowest BCUT2D eigenvalue weighted by molar-refractivity contribution is -0.384. The van der Waals surface area contributed by atoms with Gasteiger partial charge < -0.3 is 9.64 Å². The van der Waals surface area contributed by atoms with E-state index in [9.17, 15) is 14.9 Å². The van der Waals surface area contributed by atoms with Crippen LogP contribution in [0.3, 0.4) is 0 Å². The largest absolute Gasteiger partial charge is 0.494 e. The molecule has 3 rings (SSSR count). The van der Waals surface area contributed by atoms with Crippen molar-refractivity contribution in [3.05, 3.63) is 57.1 Å². The molecule has 0 bridgehead atoms. The molecular formula is C19H20Cl2N4O4S. The molecule has 0 unspecified atom stereocenters. The smallest absolute Gasteiger partial charge is 0.269 e. The van der Waals surface area contributed by atoms with Gasteiger partial charge in [-0.2, -0.15) is 0 Å². The van der Waals surface area contributed by atoms with Gasteiger partial charge in [0.25, 0.3) is 11.6 Å². The van der Waals surface area contributed by atoms with Gasteiger partial charge in [0.2, 0.25) is 0 Å². The molecule has 0 atom stereocenters. The van der Waals surface area contributed by atoms with Crippen LogP contribution in [0.15, 0.2) is 36.4 Å². The number of nitrogens with zero attached hydrogens (tertiary/aromatic N) is 4. The average molecular weight is 471 g/mol. The van der Waals surface area contributed by atoms with Crippen molar-refractivity contribution in [2.75, 3.05) is 39.2 Å². The molecule has 0 saturated heterocycles. The second-order valence-electron chi connectivity index (χ2n) is 6.49. The van der Waals surface area contributed by atoms with E-state index in [0.29, 0.717) is 40.1 Å². The number of methoxy groups -OCH3 is 1. The Hall–Kier alpha value is -2.46. The van der Waals surface area contributed by atoms with E-state index in [1.807, 2.05) is 19.0 Å². The number of amides is 1. The van der Waals surface area contributed by atoms with Gasteiger partial charge in [-0.1, -0.05) is 22.9 Å². The summed E-state index contributed by atoms with van der Waals surface area (Å²) in [6, 6.07) is 8.99. The first-order valence-electron chi connectivity index (χ1n) is 8.66. The molecule has 11 heteroatoms. The zero-order chi connectivity index (χ0) is 21.1. The van der Waals surface area contributed by atoms with Crippen molar-refractivity contribution < 1.29 is 14.5 Å². The molecule has 1 amide bonds. The molecule has 8 nitrogen and oxygen atoms in total. The molecule has 0 aliphatic carbocycles. The van der Waals surface area contributed by atoms with E-state index in [1.165, 1.54) is 35.6 Å². The first-order chi connectivity index (χ1) is 13.8. The lowest BCUT2D eigenvalue weighted by atomic mass is 10.2. The number of carbonyl (C=O) groups is 1. The maximum atomic E-state index is 13.2. The predicted octanol–water partition coefficient (Wildman–Crippen LogP) is 4.50. The van der Waals surface area contributed by atoms with E-state index < -0.39 is 4.92 Å². The van der Waals surface area contributed by atoms with E-state index in [2.05, 4.69) is 4.98 Å². The Labute approximate surface area is 188 Å². The van der Waals surface area contributed by atoms with Gasteiger partial charge >= 0.3 is 0 Å². The Kier molecular flexibility index (Phi) is 7.96. The van der Waals surface area contributed by atoms with Crippen molar-refractivity contribution >= 4 is 62.3 Å². The van der Waals surface area contributed by atoms with Crippen LogP contribution in [0.2, 0.25) is 5.02 Å². The summed E-state index contributed by atoms with van der Waals surface area (Å²) in [5, 5.41) is 11.9. The zero-order valence-corrected chi connectivity index (χ0v) is 18.9. The minimum Gasteiger partial charge on any atom is -0.494 e. The number of nitro groups is 1. The number of fused-ring (bicyclic) bond motifs is 1. The Morgan fingerprint density at radius 2 is 1.87 bits per heavy atom. The van der Waals surface area contributed by atoms with Crippen LogP contribution in [-0.4, -0.2) is 55.0 Å². The fourth-order valence-electron chi connectivity index (χ4n) is 2.69. The number of hydrogen-bond donors (Lipinski definition) is 0. The van der Waals surface area contributed by atoms with Gasteiger partial charge in [-0.25, -0.2) is 4.98 Å². The zero-order valence-electron chi connectivity index (χ0n) is 16.5. The summed E-state index contributed by atoms with van der Waals surface area (Å²) in [5.41, 5.74) is 0.857. The van der Waals surface area contributed by atoms with Crippen molar-refractivity contribution in [3.63, 3.8) is 0 Å². The number of halogens is 2. The number of hydrogen-bond acceptors (Lipinski definition) is 7. The monoisotopic (exact) mass is 470 g/mol. The summed E-state index contributed by atoms with van der Waals surface area (Å²) in [6.45, 7) is 1.00. The summed E-state index contributed by atoms with van der Waals surface area (Å²) in [7, 11) is 5.37. The fourth-order valence-corrected chi connectivity index (χ4v) is 3.97. The lowest BCUT2D eigenvalue weighted by Crippen LogP contribution is -2.36. The Bertz CT molecular complexity index is 1060. The van der Waals surface area contributed by atoms with Crippen molar-refractivity contribution in [2.24, 2.45) is 0 Å². The molecule has 1 heterocycles. The lowest BCUT2D eigenvalue weighted by Gasteiger charge is -2.22. The minimum atomic E-state index is -0.500. The second-order valence-corrected chi connectivity index (χ2v) is 7.87. The van der Waals surface area contributed by atoms with Gasteiger partial charge in [-0.3, -0.25) is 19.8 Å². The number of non-ortho nitro benzene ring substituents is 1. The second kappa shape index (κ2) is 10.0. The van der Waals surface area contributed by atoms with Gasteiger partial charge in [0.1, 0.15) is 11.3 Å². The van der Waals surface area contributed by atoms with Gasteiger partial charge in [0.15, 0.2) is 5.13 Å². The highest BCUT2D eigenvalue weighted by Gasteiger charge is 2.23. The van der Waals surface area contributed by atoms with Crippen LogP contribution >= 0.6 is 35.3 Å². The number of thiazole rings is 1. The summed E-state index contributed by atoms with van der Waals surface area (Å²) in [5.74, 6) is 0.276. The van der Waals surface area contributed by atoms with Crippen LogP contribution in [0.5, 0.6) is 5.75 Å². The first-order valence-corrected chi connectivity index (χ1v) is 9.85. The number of carbonyl (C=O) groups excluding carboxylic acids is 1. The Balaban J connectivity index is 0.00000320. The van der Waals surface area contributed by atoms with Crippen LogP contribution in [-0.2, 0) is 0 Å². The molecular weight excluding hydrogens is 451 g/mol. The topological polar surface area (TPSA) is 88.8 Å². The van der Waals surface area contributed by atoms with Gasteiger partial charge in [-0.15, -0.1) is 12.4 Å². The number of nitro benzene ring substituents is 1. The van der Waals surface area contributed by atoms with Crippen molar-refractivity contribution in [2.45, 2.75) is 0 Å². The van der Waals surface area contributed by atoms with Gasteiger partial charge in [-0.05, 0) is 38.4 Å². The molecule has 3 aromatic rings. The molecule has 0 N–H and O–H groups in total. The normalized spacial score (nSPS) is 10.7. The fraction of sp³-hybridized carbons (Fsp3) is 0.263. The third-order valence-corrected chi connectivity index (χ3v) is 5.78. The molecule has 160 valence electrons.